The van der Waals surface area contributed by atoms with Gasteiger partial charge in [0.2, 0.25) is 0 Å². The lowest BCUT2D eigenvalue weighted by molar-refractivity contribution is -0.712. The Morgan fingerprint density at radius 2 is 2.33 bits per heavy atom. The molecule has 6 nitrogen and oxygen atoms in total. The van der Waals surface area contributed by atoms with Crippen LogP contribution >= 0.6 is 0 Å². The maximum Gasteiger partial charge on any atom is 0.324 e. The van der Waals surface area contributed by atoms with Crippen LogP contribution in [0.1, 0.15) is 25.6 Å². The predicted molar refractivity (Wildman–Crippen MR) is 63.6 cm³/mol. The number of quaternary nitrogens is 1. The van der Waals surface area contributed by atoms with Crippen LogP contribution in [-0.2, 0) is 4.79 Å². The van der Waals surface area contributed by atoms with Crippen LogP contribution in [0.25, 0.3) is 0 Å². The minimum Gasteiger partial charge on any atom is -0.463 e. The summed E-state index contributed by atoms with van der Waals surface area (Å²) in [5, 5.41) is 4.52. The van der Waals surface area contributed by atoms with E-state index in [0.29, 0.717) is 13.1 Å². The lowest BCUT2D eigenvalue weighted by Crippen LogP contribution is -2.92. The Kier molecular flexibility index (Phi) is 3.66. The molecule has 3 N–H and O–H groups in total. The van der Waals surface area contributed by atoms with Crippen LogP contribution in [-0.4, -0.2) is 36.0 Å². The molecule has 6 heteroatoms. The van der Waals surface area contributed by atoms with Crippen molar-refractivity contribution in [1.29, 1.82) is 0 Å². The minimum atomic E-state index is -0.311. The Labute approximate surface area is 105 Å². The van der Waals surface area contributed by atoms with Crippen molar-refractivity contribution in [3.63, 3.8) is 0 Å². The summed E-state index contributed by atoms with van der Waals surface area (Å²) in [6.07, 6.45) is 1.61. The van der Waals surface area contributed by atoms with Crippen molar-refractivity contribution in [3.05, 3.63) is 24.2 Å². The highest BCUT2D eigenvalue weighted by atomic mass is 16.3. The van der Waals surface area contributed by atoms with Crippen LogP contribution in [0.15, 0.2) is 22.8 Å². The molecule has 1 aromatic rings. The zero-order valence-corrected chi connectivity index (χ0v) is 10.6. The fourth-order valence-electron chi connectivity index (χ4n) is 2.09. The minimum absolute atomic E-state index is 0.0459. The van der Waals surface area contributed by atoms with Gasteiger partial charge in [-0.15, -0.1) is 0 Å². The summed E-state index contributed by atoms with van der Waals surface area (Å²) in [5.74, 6) is 0.656. The molecule has 0 saturated carbocycles. The second kappa shape index (κ2) is 5.22. The van der Waals surface area contributed by atoms with Gasteiger partial charge in [-0.3, -0.25) is 9.69 Å². The normalized spacial score (nSPS) is 18.6. The fourth-order valence-corrected chi connectivity index (χ4v) is 2.09. The third kappa shape index (κ3) is 2.53. The molecule has 0 aliphatic carbocycles. The van der Waals surface area contributed by atoms with E-state index in [2.05, 4.69) is 5.32 Å². The van der Waals surface area contributed by atoms with Crippen LogP contribution in [0.3, 0.4) is 0 Å². The van der Waals surface area contributed by atoms with Gasteiger partial charge in [-0.05, 0) is 26.0 Å². The van der Waals surface area contributed by atoms with Crippen LogP contribution in [0.5, 0.6) is 0 Å². The average Bonchev–Trinajstić information content (AvgIpc) is 2.98. The maximum atomic E-state index is 12.1. The summed E-state index contributed by atoms with van der Waals surface area (Å²) < 4.78 is 5.29. The first-order valence-corrected chi connectivity index (χ1v) is 6.07. The van der Waals surface area contributed by atoms with E-state index in [1.54, 1.807) is 13.2 Å². The summed E-state index contributed by atoms with van der Waals surface area (Å²) >= 11 is 0. The Morgan fingerprint density at radius 3 is 2.89 bits per heavy atom. The Balaban J connectivity index is 1.93. The smallest absolute Gasteiger partial charge is 0.324 e. The van der Waals surface area contributed by atoms with Crippen LogP contribution in [0.4, 0.5) is 4.79 Å². The van der Waals surface area contributed by atoms with Crippen molar-refractivity contribution in [2.24, 2.45) is 0 Å². The second-order valence-electron chi connectivity index (χ2n) is 4.51. The molecule has 0 aromatic carbocycles. The Morgan fingerprint density at radius 1 is 1.56 bits per heavy atom. The monoisotopic (exact) mass is 252 g/mol. The summed E-state index contributed by atoms with van der Waals surface area (Å²) in [4.78, 5) is 24.7. The van der Waals surface area contributed by atoms with E-state index in [4.69, 9.17) is 4.42 Å². The largest absolute Gasteiger partial charge is 0.463 e. The molecule has 1 aliphatic rings. The number of nitrogens with one attached hydrogen (secondary N) is 1. The van der Waals surface area contributed by atoms with Gasteiger partial charge >= 0.3 is 6.03 Å². The molecule has 3 amide bonds. The van der Waals surface area contributed by atoms with Crippen molar-refractivity contribution >= 4 is 11.9 Å². The third-order valence-corrected chi connectivity index (χ3v) is 3.08. The van der Waals surface area contributed by atoms with Crippen molar-refractivity contribution in [2.75, 3.05) is 13.1 Å². The van der Waals surface area contributed by atoms with E-state index < -0.39 is 0 Å². The molecule has 1 fully saturated rings. The number of nitrogens with zero attached hydrogens (tertiary/aromatic N) is 1. The van der Waals surface area contributed by atoms with Gasteiger partial charge in [0, 0.05) is 13.1 Å². The van der Waals surface area contributed by atoms with Gasteiger partial charge in [0.05, 0.1) is 6.26 Å². The zero-order valence-electron chi connectivity index (χ0n) is 10.6. The van der Waals surface area contributed by atoms with Gasteiger partial charge in [-0.1, -0.05) is 0 Å². The SMILES string of the molecule is C[C@H]([NH2+][C@H](C)c1ccco1)C(=O)N1CCNC1=O. The number of hydrogen-bond donors (Lipinski definition) is 2. The number of imide groups is 1. The van der Waals surface area contributed by atoms with Crippen LogP contribution in [0, 0.1) is 0 Å². The number of carbonyl (C=O) groups is 2. The van der Waals surface area contributed by atoms with Crippen molar-refractivity contribution < 1.29 is 19.3 Å². The molecular formula is C12H18N3O3+. The van der Waals surface area contributed by atoms with Gasteiger partial charge in [-0.2, -0.15) is 0 Å². The van der Waals surface area contributed by atoms with E-state index in [-0.39, 0.29) is 24.0 Å². The second-order valence-corrected chi connectivity index (χ2v) is 4.51. The van der Waals surface area contributed by atoms with Gasteiger partial charge in [-0.25, -0.2) is 4.79 Å². The molecular weight excluding hydrogens is 234 g/mol. The number of amides is 3. The highest BCUT2D eigenvalue weighted by molar-refractivity contribution is 5.97. The number of urea groups is 1. The third-order valence-electron chi connectivity index (χ3n) is 3.08. The summed E-state index contributed by atoms with van der Waals surface area (Å²) in [6.45, 7) is 4.75. The lowest BCUT2D eigenvalue weighted by atomic mass is 10.2. The molecule has 0 spiro atoms. The van der Waals surface area contributed by atoms with E-state index >= 15 is 0 Å². The number of carbonyl (C=O) groups excluding carboxylic acids is 2. The average molecular weight is 252 g/mol. The van der Waals surface area contributed by atoms with E-state index in [0.717, 1.165) is 5.76 Å². The summed E-state index contributed by atoms with van der Waals surface area (Å²) in [5.41, 5.74) is 0. The summed E-state index contributed by atoms with van der Waals surface area (Å²) in [6, 6.07) is 3.13. The molecule has 1 saturated heterocycles. The van der Waals surface area contributed by atoms with E-state index in [1.165, 1.54) is 4.90 Å². The number of hydrogen-bond acceptors (Lipinski definition) is 3. The zero-order chi connectivity index (χ0) is 13.1. The Hall–Kier alpha value is -1.82. The lowest BCUT2D eigenvalue weighted by Gasteiger charge is -2.18. The van der Waals surface area contributed by atoms with Crippen molar-refractivity contribution in [1.82, 2.24) is 10.2 Å². The first-order valence-electron chi connectivity index (χ1n) is 6.07. The molecule has 0 radical (unpaired) electrons. The first kappa shape index (κ1) is 12.6. The molecule has 2 atom stereocenters. The number of furan rings is 1. The van der Waals surface area contributed by atoms with Gasteiger partial charge in [0.1, 0.15) is 6.04 Å². The Bertz CT molecular complexity index is 430. The fraction of sp³-hybridized carbons (Fsp3) is 0.500. The van der Waals surface area contributed by atoms with Crippen molar-refractivity contribution in [2.45, 2.75) is 25.9 Å². The molecule has 18 heavy (non-hydrogen) atoms. The molecule has 2 rings (SSSR count). The van der Waals surface area contributed by atoms with E-state index in [9.17, 15) is 9.59 Å². The molecule has 1 aliphatic heterocycles. The van der Waals surface area contributed by atoms with Gasteiger partial charge in [0.25, 0.3) is 5.91 Å². The number of rotatable bonds is 4. The highest BCUT2D eigenvalue weighted by Gasteiger charge is 2.32. The standard InChI is InChI=1S/C12H17N3O3/c1-8(10-4-3-7-18-10)14-9(2)11(16)15-6-5-13-12(15)17/h3-4,7-9,14H,5-6H2,1-2H3,(H,13,17)/p+1/t8-,9+/m1/s1. The predicted octanol–water partition coefficient (Wildman–Crippen LogP) is -0.156. The van der Waals surface area contributed by atoms with Gasteiger partial charge < -0.3 is 15.1 Å². The summed E-state index contributed by atoms with van der Waals surface area (Å²) in [7, 11) is 0. The molecule has 0 bridgehead atoms. The number of nitrogens with two attached hydrogens (primary N) is 1. The van der Waals surface area contributed by atoms with Crippen molar-refractivity contribution in [3.8, 4) is 0 Å². The van der Waals surface area contributed by atoms with Crippen LogP contribution < -0.4 is 10.6 Å². The quantitative estimate of drug-likeness (QED) is 0.781. The molecule has 1 aromatic heterocycles. The first-order chi connectivity index (χ1) is 8.59. The molecule has 0 unspecified atom stereocenters. The van der Waals surface area contributed by atoms with Crippen LogP contribution in [0.2, 0.25) is 0 Å². The molecule has 2 heterocycles. The molecule has 98 valence electrons. The highest BCUT2D eigenvalue weighted by Crippen LogP contribution is 2.08. The maximum absolute atomic E-state index is 12.1. The topological polar surface area (TPSA) is 79.2 Å². The van der Waals surface area contributed by atoms with E-state index in [1.807, 2.05) is 24.4 Å². The van der Waals surface area contributed by atoms with Gasteiger partial charge in [0.15, 0.2) is 11.8 Å².